The second-order valence-electron chi connectivity index (χ2n) is 9.00. The number of benzene rings is 2. The molecule has 1 N–H and O–H groups in total. The van der Waals surface area contributed by atoms with Gasteiger partial charge < -0.3 is 15.0 Å². The molecule has 0 bridgehead atoms. The summed E-state index contributed by atoms with van der Waals surface area (Å²) in [5.41, 5.74) is 5.08. The first-order chi connectivity index (χ1) is 16.2. The number of hydrogen-bond acceptors (Lipinski definition) is 5. The molecule has 1 fully saturated rings. The zero-order chi connectivity index (χ0) is 24.5. The van der Waals surface area contributed by atoms with Crippen LogP contribution in [-0.4, -0.2) is 57.0 Å². The summed E-state index contributed by atoms with van der Waals surface area (Å²) in [6.07, 6.45) is 0.745. The monoisotopic (exact) mass is 485 g/mol. The van der Waals surface area contributed by atoms with Crippen molar-refractivity contribution in [3.8, 4) is 5.75 Å². The van der Waals surface area contributed by atoms with E-state index in [-0.39, 0.29) is 30.5 Å². The standard InChI is InChI=1S/C25H31N3O5S/c1-17-4-6-22(12-18(17)2)28-16-21(14-24(28)29)25(30)26-9-11-34(31,32)27-10-8-19-13-23(33-3)7-5-20(19)15-27/h4-7,12-13,21H,8-11,14-16H2,1-3H3,(H,26,30). The lowest BCUT2D eigenvalue weighted by molar-refractivity contribution is -0.126. The summed E-state index contributed by atoms with van der Waals surface area (Å²) in [5, 5.41) is 2.73. The minimum atomic E-state index is -3.52. The normalized spacial score (nSPS) is 18.6. The molecule has 8 nitrogen and oxygen atoms in total. The molecule has 2 amide bonds. The van der Waals surface area contributed by atoms with Gasteiger partial charge >= 0.3 is 0 Å². The van der Waals surface area contributed by atoms with Gasteiger partial charge in [-0.2, -0.15) is 4.31 Å². The van der Waals surface area contributed by atoms with Crippen molar-refractivity contribution in [2.75, 3.05) is 37.4 Å². The van der Waals surface area contributed by atoms with Crippen molar-refractivity contribution in [3.63, 3.8) is 0 Å². The molecule has 0 spiro atoms. The fraction of sp³-hybridized carbons (Fsp3) is 0.440. The molecule has 2 aromatic rings. The number of fused-ring (bicyclic) bond motifs is 1. The van der Waals surface area contributed by atoms with Crippen LogP contribution in [0.25, 0.3) is 0 Å². The Hall–Kier alpha value is -2.91. The SMILES string of the molecule is COc1ccc2c(c1)CCN(S(=O)(=O)CCNC(=O)C1CC(=O)N(c3ccc(C)c(C)c3)C1)C2. The number of methoxy groups -OCH3 is 1. The smallest absolute Gasteiger partial charge is 0.227 e. The summed E-state index contributed by atoms with van der Waals surface area (Å²) in [6, 6.07) is 11.5. The van der Waals surface area contributed by atoms with E-state index in [2.05, 4.69) is 5.32 Å². The van der Waals surface area contributed by atoms with Crippen LogP contribution >= 0.6 is 0 Å². The largest absolute Gasteiger partial charge is 0.497 e. The topological polar surface area (TPSA) is 96.0 Å². The van der Waals surface area contributed by atoms with Crippen LogP contribution in [0.15, 0.2) is 36.4 Å². The van der Waals surface area contributed by atoms with Gasteiger partial charge in [0.25, 0.3) is 0 Å². The third-order valence-corrected chi connectivity index (χ3v) is 8.56. The molecule has 2 heterocycles. The number of nitrogens with one attached hydrogen (secondary N) is 1. The van der Waals surface area contributed by atoms with Crippen LogP contribution in [0.5, 0.6) is 5.75 Å². The predicted octanol–water partition coefficient (Wildman–Crippen LogP) is 2.17. The van der Waals surface area contributed by atoms with Crippen molar-refractivity contribution in [1.29, 1.82) is 0 Å². The number of carbonyl (C=O) groups excluding carboxylic acids is 2. The average Bonchev–Trinajstić information content (AvgIpc) is 3.21. The minimum Gasteiger partial charge on any atom is -0.497 e. The summed E-state index contributed by atoms with van der Waals surface area (Å²) in [4.78, 5) is 26.8. The Balaban J connectivity index is 1.30. The van der Waals surface area contributed by atoms with E-state index in [1.54, 1.807) is 12.0 Å². The fourth-order valence-electron chi connectivity index (χ4n) is 4.47. The van der Waals surface area contributed by atoms with E-state index in [0.717, 1.165) is 33.7 Å². The van der Waals surface area contributed by atoms with Gasteiger partial charge in [-0.3, -0.25) is 9.59 Å². The number of ether oxygens (including phenoxy) is 1. The highest BCUT2D eigenvalue weighted by Crippen LogP contribution is 2.27. The summed E-state index contributed by atoms with van der Waals surface area (Å²) in [7, 11) is -1.92. The Morgan fingerprint density at radius 3 is 2.65 bits per heavy atom. The van der Waals surface area contributed by atoms with Gasteiger partial charge in [-0.05, 0) is 66.8 Å². The first-order valence-electron chi connectivity index (χ1n) is 11.5. The molecule has 1 atom stereocenters. The molecule has 1 unspecified atom stereocenters. The Labute approximate surface area is 200 Å². The van der Waals surface area contributed by atoms with Crippen molar-refractivity contribution >= 4 is 27.5 Å². The lowest BCUT2D eigenvalue weighted by atomic mass is 10.0. The lowest BCUT2D eigenvalue weighted by Crippen LogP contribution is -2.41. The molecule has 4 rings (SSSR count). The van der Waals surface area contributed by atoms with Crippen LogP contribution < -0.4 is 15.0 Å². The Bertz CT molecular complexity index is 1210. The van der Waals surface area contributed by atoms with Gasteiger partial charge in [0.2, 0.25) is 21.8 Å². The third-order valence-electron chi connectivity index (χ3n) is 6.74. The van der Waals surface area contributed by atoms with E-state index in [1.807, 2.05) is 50.2 Å². The van der Waals surface area contributed by atoms with E-state index in [4.69, 9.17) is 4.74 Å². The number of aryl methyl sites for hydroxylation is 2. The van der Waals surface area contributed by atoms with E-state index in [1.165, 1.54) is 4.31 Å². The van der Waals surface area contributed by atoms with Crippen LogP contribution in [-0.2, 0) is 32.6 Å². The number of rotatable bonds is 7. The predicted molar refractivity (Wildman–Crippen MR) is 130 cm³/mol. The quantitative estimate of drug-likeness (QED) is 0.649. The van der Waals surface area contributed by atoms with E-state index >= 15 is 0 Å². The second kappa shape index (κ2) is 9.76. The van der Waals surface area contributed by atoms with Crippen molar-refractivity contribution in [3.05, 3.63) is 58.7 Å². The Kier molecular flexibility index (Phi) is 6.95. The highest BCUT2D eigenvalue weighted by Gasteiger charge is 2.35. The zero-order valence-electron chi connectivity index (χ0n) is 19.8. The van der Waals surface area contributed by atoms with Crippen LogP contribution in [0.3, 0.4) is 0 Å². The molecule has 182 valence electrons. The maximum absolute atomic E-state index is 12.9. The van der Waals surface area contributed by atoms with Gasteiger partial charge in [0, 0.05) is 38.3 Å². The summed E-state index contributed by atoms with van der Waals surface area (Å²) in [6.45, 7) is 5.03. The summed E-state index contributed by atoms with van der Waals surface area (Å²) in [5.74, 6) is -0.287. The summed E-state index contributed by atoms with van der Waals surface area (Å²) >= 11 is 0. The molecule has 0 aliphatic carbocycles. The molecule has 0 aromatic heterocycles. The van der Waals surface area contributed by atoms with Gasteiger partial charge in [-0.1, -0.05) is 12.1 Å². The minimum absolute atomic E-state index is 0.0153. The number of hydrogen-bond donors (Lipinski definition) is 1. The molecule has 9 heteroatoms. The molecule has 0 radical (unpaired) electrons. The first kappa shape index (κ1) is 24.2. The van der Waals surface area contributed by atoms with Gasteiger partial charge in [0.05, 0.1) is 18.8 Å². The molecule has 2 aliphatic rings. The van der Waals surface area contributed by atoms with Crippen molar-refractivity contribution < 1.29 is 22.7 Å². The molecule has 1 saturated heterocycles. The van der Waals surface area contributed by atoms with Crippen molar-refractivity contribution in [2.45, 2.75) is 33.2 Å². The fourth-order valence-corrected chi connectivity index (χ4v) is 5.79. The van der Waals surface area contributed by atoms with Gasteiger partial charge in [-0.25, -0.2) is 8.42 Å². The lowest BCUT2D eigenvalue weighted by Gasteiger charge is -2.28. The maximum atomic E-state index is 12.9. The Morgan fingerprint density at radius 2 is 1.91 bits per heavy atom. The molecule has 2 aliphatic heterocycles. The van der Waals surface area contributed by atoms with Crippen LogP contribution in [0, 0.1) is 19.8 Å². The molecular weight excluding hydrogens is 454 g/mol. The van der Waals surface area contributed by atoms with Gasteiger partial charge in [0.1, 0.15) is 5.75 Å². The molecular formula is C25H31N3O5S. The van der Waals surface area contributed by atoms with Crippen LogP contribution in [0.1, 0.15) is 28.7 Å². The molecule has 2 aromatic carbocycles. The van der Waals surface area contributed by atoms with E-state index < -0.39 is 15.9 Å². The number of carbonyl (C=O) groups is 2. The number of sulfonamides is 1. The number of amides is 2. The van der Waals surface area contributed by atoms with E-state index in [0.29, 0.717) is 26.1 Å². The van der Waals surface area contributed by atoms with Crippen molar-refractivity contribution in [1.82, 2.24) is 9.62 Å². The number of nitrogens with zero attached hydrogens (tertiary/aromatic N) is 2. The van der Waals surface area contributed by atoms with Crippen LogP contribution in [0.4, 0.5) is 5.69 Å². The Morgan fingerprint density at radius 1 is 1.12 bits per heavy atom. The first-order valence-corrected chi connectivity index (χ1v) is 13.1. The van der Waals surface area contributed by atoms with E-state index in [9.17, 15) is 18.0 Å². The average molecular weight is 486 g/mol. The molecule has 0 saturated carbocycles. The highest BCUT2D eigenvalue weighted by atomic mass is 32.2. The maximum Gasteiger partial charge on any atom is 0.227 e. The zero-order valence-corrected chi connectivity index (χ0v) is 20.7. The third kappa shape index (κ3) is 5.10. The van der Waals surface area contributed by atoms with Gasteiger partial charge in [-0.15, -0.1) is 0 Å². The highest BCUT2D eigenvalue weighted by molar-refractivity contribution is 7.89. The van der Waals surface area contributed by atoms with Gasteiger partial charge in [0.15, 0.2) is 0 Å². The second-order valence-corrected chi connectivity index (χ2v) is 11.1. The number of anilines is 1. The van der Waals surface area contributed by atoms with Crippen LogP contribution in [0.2, 0.25) is 0 Å². The molecule has 34 heavy (non-hydrogen) atoms. The van der Waals surface area contributed by atoms with Crippen molar-refractivity contribution in [2.24, 2.45) is 5.92 Å². The summed E-state index contributed by atoms with van der Waals surface area (Å²) < 4.78 is 32.4.